The van der Waals surface area contributed by atoms with Gasteiger partial charge in [-0.25, -0.2) is 4.57 Å². The summed E-state index contributed by atoms with van der Waals surface area (Å²) >= 11 is 0. The number of aliphatic hydroxyl groups is 1. The first-order chi connectivity index (χ1) is 27.5. The molecular weight excluding hydrogens is 732 g/mol. The lowest BCUT2D eigenvalue weighted by atomic mass is 10.0. The molecule has 0 heterocycles. The van der Waals surface area contributed by atoms with E-state index in [1.165, 1.54) is 167 Å². The van der Waals surface area contributed by atoms with E-state index in [0.717, 1.165) is 38.5 Å². The monoisotopic (exact) mass is 828 g/mol. The number of amides is 1. The van der Waals surface area contributed by atoms with E-state index in [2.05, 4.69) is 31.3 Å². The van der Waals surface area contributed by atoms with Crippen molar-refractivity contribution in [2.75, 3.05) is 40.9 Å². The Balaban J connectivity index is 4.37. The molecule has 0 radical (unpaired) electrons. The van der Waals surface area contributed by atoms with Gasteiger partial charge in [0.05, 0.1) is 39.9 Å². The van der Waals surface area contributed by atoms with Crippen LogP contribution in [0.3, 0.4) is 0 Å². The van der Waals surface area contributed by atoms with Gasteiger partial charge in [0.1, 0.15) is 13.2 Å². The summed E-state index contributed by atoms with van der Waals surface area (Å²) in [5, 5.41) is 13.8. The van der Waals surface area contributed by atoms with Crippen molar-refractivity contribution in [3.63, 3.8) is 0 Å². The number of quaternary nitrogens is 1. The molecule has 8 nitrogen and oxygen atoms in total. The molecule has 0 bridgehead atoms. The molecule has 0 aliphatic rings. The molecule has 0 aromatic rings. The van der Waals surface area contributed by atoms with Crippen LogP contribution in [-0.2, 0) is 18.4 Å². The van der Waals surface area contributed by atoms with Gasteiger partial charge in [-0.1, -0.05) is 212 Å². The SMILES string of the molecule is CCCCCCCCCCCCCCCCC/C=C/CC/C=C/C(O)C(COP(=O)(O)OCC[N+](C)(C)C)NC(=O)CCCCCCCCCCCCCCCC. The Morgan fingerprint density at radius 1 is 0.579 bits per heavy atom. The van der Waals surface area contributed by atoms with E-state index < -0.39 is 20.0 Å². The fourth-order valence-corrected chi connectivity index (χ4v) is 7.79. The Morgan fingerprint density at radius 2 is 0.965 bits per heavy atom. The number of hydrogen-bond acceptors (Lipinski definition) is 5. The summed E-state index contributed by atoms with van der Waals surface area (Å²) in [6.07, 6.45) is 48.3. The quantitative estimate of drug-likeness (QED) is 0.0244. The summed E-state index contributed by atoms with van der Waals surface area (Å²) in [4.78, 5) is 23.1. The van der Waals surface area contributed by atoms with E-state index in [4.69, 9.17) is 9.05 Å². The highest BCUT2D eigenvalue weighted by molar-refractivity contribution is 7.47. The lowest BCUT2D eigenvalue weighted by Crippen LogP contribution is -2.45. The van der Waals surface area contributed by atoms with E-state index in [1.54, 1.807) is 6.08 Å². The van der Waals surface area contributed by atoms with Gasteiger partial charge < -0.3 is 19.8 Å². The molecule has 0 saturated heterocycles. The predicted octanol–water partition coefficient (Wildman–Crippen LogP) is 13.7. The third-order valence-electron chi connectivity index (χ3n) is 10.9. The summed E-state index contributed by atoms with van der Waals surface area (Å²) in [6, 6.07) is -0.858. The van der Waals surface area contributed by atoms with Crippen molar-refractivity contribution in [3.05, 3.63) is 24.3 Å². The number of phosphoric ester groups is 1. The van der Waals surface area contributed by atoms with E-state index in [0.29, 0.717) is 17.4 Å². The molecule has 57 heavy (non-hydrogen) atoms. The number of likely N-dealkylation sites (N-methyl/N-ethyl adjacent to an activating group) is 1. The molecule has 1 amide bonds. The van der Waals surface area contributed by atoms with E-state index in [9.17, 15) is 19.4 Å². The second-order valence-corrected chi connectivity index (χ2v) is 19.3. The second-order valence-electron chi connectivity index (χ2n) is 17.8. The Hall–Kier alpha value is -1.02. The summed E-state index contributed by atoms with van der Waals surface area (Å²) in [5.74, 6) is -0.185. The number of phosphoric acid groups is 1. The molecule has 0 aromatic carbocycles. The molecule has 0 spiro atoms. The van der Waals surface area contributed by atoms with Gasteiger partial charge in [0.25, 0.3) is 0 Å². The van der Waals surface area contributed by atoms with E-state index in [1.807, 2.05) is 27.2 Å². The average Bonchev–Trinajstić information content (AvgIpc) is 3.16. The van der Waals surface area contributed by atoms with Gasteiger partial charge in [-0.05, 0) is 32.1 Å². The summed E-state index contributed by atoms with van der Waals surface area (Å²) in [7, 11) is 1.56. The largest absolute Gasteiger partial charge is 0.472 e. The standard InChI is InChI=1S/C48H95N2O6P/c1-6-8-10-12-14-16-18-20-22-23-24-25-26-27-28-29-31-33-35-37-39-41-47(51)46(45-56-57(53,54)55-44-43-50(3,4)5)49-48(52)42-40-38-36-34-32-30-21-19-17-15-13-11-9-7-2/h31,33,39,41,46-47,51H,6-30,32,34-38,40,42-45H2,1-5H3,(H-,49,52,53,54)/p+1/b33-31+,41-39+. The number of hydrogen-bond donors (Lipinski definition) is 3. The molecular formula is C48H96N2O6P+. The molecule has 3 unspecified atom stereocenters. The van der Waals surface area contributed by atoms with Crippen molar-refractivity contribution in [1.29, 1.82) is 0 Å². The highest BCUT2D eigenvalue weighted by Crippen LogP contribution is 2.43. The van der Waals surface area contributed by atoms with Gasteiger partial charge >= 0.3 is 7.82 Å². The molecule has 9 heteroatoms. The van der Waals surface area contributed by atoms with Crippen molar-refractivity contribution in [1.82, 2.24) is 5.32 Å². The summed E-state index contributed by atoms with van der Waals surface area (Å²) in [6.45, 7) is 4.81. The van der Waals surface area contributed by atoms with Crippen molar-refractivity contribution in [3.8, 4) is 0 Å². The van der Waals surface area contributed by atoms with Crippen LogP contribution >= 0.6 is 7.82 Å². The van der Waals surface area contributed by atoms with Crippen LogP contribution < -0.4 is 5.32 Å². The molecule has 0 aliphatic carbocycles. The maximum atomic E-state index is 12.9. The number of rotatable bonds is 44. The number of carbonyl (C=O) groups excluding carboxylic acids is 1. The Kier molecular flexibility index (Phi) is 39.7. The molecule has 0 fully saturated rings. The van der Waals surface area contributed by atoms with Gasteiger partial charge in [0.15, 0.2) is 0 Å². The fraction of sp³-hybridized carbons (Fsp3) is 0.896. The molecule has 338 valence electrons. The predicted molar refractivity (Wildman–Crippen MR) is 245 cm³/mol. The minimum Gasteiger partial charge on any atom is -0.387 e. The van der Waals surface area contributed by atoms with Crippen molar-refractivity contribution >= 4 is 13.7 Å². The van der Waals surface area contributed by atoms with Crippen molar-refractivity contribution in [2.45, 2.75) is 238 Å². The zero-order chi connectivity index (χ0) is 42.1. The third-order valence-corrected chi connectivity index (χ3v) is 11.9. The van der Waals surface area contributed by atoms with Crippen LogP contribution in [-0.4, -0.2) is 73.4 Å². The number of aliphatic hydroxyl groups excluding tert-OH is 1. The summed E-state index contributed by atoms with van der Waals surface area (Å²) in [5.41, 5.74) is 0. The number of nitrogens with one attached hydrogen (secondary N) is 1. The minimum atomic E-state index is -4.34. The fourth-order valence-electron chi connectivity index (χ4n) is 7.06. The molecule has 3 N–H and O–H groups in total. The van der Waals surface area contributed by atoms with Crippen LogP contribution in [0.1, 0.15) is 226 Å². The Morgan fingerprint density at radius 3 is 1.40 bits per heavy atom. The topological polar surface area (TPSA) is 105 Å². The van der Waals surface area contributed by atoms with Crippen LogP contribution in [0.4, 0.5) is 0 Å². The third kappa shape index (κ3) is 42.9. The molecule has 0 rings (SSSR count). The number of nitrogens with zero attached hydrogens (tertiary/aromatic N) is 1. The molecule has 3 atom stereocenters. The highest BCUT2D eigenvalue weighted by Gasteiger charge is 2.27. The first kappa shape index (κ1) is 56.0. The van der Waals surface area contributed by atoms with E-state index >= 15 is 0 Å². The van der Waals surface area contributed by atoms with Gasteiger partial charge in [0.2, 0.25) is 5.91 Å². The van der Waals surface area contributed by atoms with Gasteiger partial charge in [-0.3, -0.25) is 13.8 Å². The highest BCUT2D eigenvalue weighted by atomic mass is 31.2. The van der Waals surface area contributed by atoms with Crippen LogP contribution in [0.5, 0.6) is 0 Å². The molecule has 0 saturated carbocycles. The smallest absolute Gasteiger partial charge is 0.387 e. The Bertz CT molecular complexity index is 984. The number of allylic oxidation sites excluding steroid dienone is 3. The van der Waals surface area contributed by atoms with Crippen LogP contribution in [0.15, 0.2) is 24.3 Å². The average molecular weight is 828 g/mol. The normalized spacial score (nSPS) is 14.4. The zero-order valence-corrected chi connectivity index (χ0v) is 39.2. The summed E-state index contributed by atoms with van der Waals surface area (Å²) < 4.78 is 23.6. The van der Waals surface area contributed by atoms with Crippen LogP contribution in [0.2, 0.25) is 0 Å². The zero-order valence-electron chi connectivity index (χ0n) is 38.3. The second kappa shape index (κ2) is 40.4. The lowest BCUT2D eigenvalue weighted by molar-refractivity contribution is -0.870. The Labute approximate surface area is 354 Å². The molecule has 0 aromatic heterocycles. The minimum absolute atomic E-state index is 0.0584. The maximum Gasteiger partial charge on any atom is 0.472 e. The van der Waals surface area contributed by atoms with E-state index in [-0.39, 0.29) is 19.1 Å². The van der Waals surface area contributed by atoms with Crippen LogP contribution in [0, 0.1) is 0 Å². The first-order valence-corrected chi connectivity index (χ1v) is 25.7. The van der Waals surface area contributed by atoms with Crippen molar-refractivity contribution < 1.29 is 32.9 Å². The van der Waals surface area contributed by atoms with Gasteiger partial charge in [-0.15, -0.1) is 0 Å². The molecule has 0 aliphatic heterocycles. The van der Waals surface area contributed by atoms with Gasteiger partial charge in [0, 0.05) is 6.42 Å². The number of unbranched alkanes of at least 4 members (excludes halogenated alkanes) is 29. The maximum absolute atomic E-state index is 12.9. The lowest BCUT2D eigenvalue weighted by Gasteiger charge is -2.25. The van der Waals surface area contributed by atoms with Crippen LogP contribution in [0.25, 0.3) is 0 Å². The first-order valence-electron chi connectivity index (χ1n) is 24.2. The number of carbonyl (C=O) groups is 1. The van der Waals surface area contributed by atoms with Crippen molar-refractivity contribution in [2.24, 2.45) is 0 Å². The van der Waals surface area contributed by atoms with Gasteiger partial charge in [-0.2, -0.15) is 0 Å².